The van der Waals surface area contributed by atoms with E-state index in [0.29, 0.717) is 11.0 Å². The van der Waals surface area contributed by atoms with Crippen molar-refractivity contribution in [1.29, 1.82) is 0 Å². The number of H-pyrrole nitrogens is 2. The molecule has 0 radical (unpaired) electrons. The Labute approximate surface area is 153 Å². The second-order valence-corrected chi connectivity index (χ2v) is 7.78. The topological polar surface area (TPSA) is 150 Å². The molecule has 1 atom stereocenters. The third-order valence-electron chi connectivity index (χ3n) is 4.16. The van der Waals surface area contributed by atoms with Gasteiger partial charge in [-0.05, 0) is 43.8 Å². The fraction of sp³-hybridized carbons (Fsp3) is 0.188. The first-order valence-corrected chi connectivity index (χ1v) is 9.40. The number of hydrogen-bond acceptors (Lipinski definition) is 6. The Balaban J connectivity index is 1.95. The van der Waals surface area contributed by atoms with Gasteiger partial charge in [0.25, 0.3) is 5.69 Å². The molecule has 0 amide bonds. The molecule has 0 aliphatic carbocycles. The fourth-order valence-corrected chi connectivity index (χ4v) is 3.46. The number of sulfonamides is 1. The highest BCUT2D eigenvalue weighted by Crippen LogP contribution is 2.31. The quantitative estimate of drug-likeness (QED) is 0.372. The normalized spacial score (nSPS) is 12.8. The summed E-state index contributed by atoms with van der Waals surface area (Å²) in [5.41, 5.74) is 1.58. The maximum atomic E-state index is 11.9. The van der Waals surface area contributed by atoms with Crippen molar-refractivity contribution in [1.82, 2.24) is 14.7 Å². The Hall–Kier alpha value is -3.18. The highest BCUT2D eigenvalue weighted by atomic mass is 32.2. The van der Waals surface area contributed by atoms with E-state index in [9.17, 15) is 23.3 Å². The van der Waals surface area contributed by atoms with Gasteiger partial charge < -0.3 is 15.3 Å². The van der Waals surface area contributed by atoms with Gasteiger partial charge >= 0.3 is 5.69 Å². The van der Waals surface area contributed by atoms with Gasteiger partial charge in [0.2, 0.25) is 10.0 Å². The number of nitro benzene ring substituents is 1. The third kappa shape index (κ3) is 3.68. The van der Waals surface area contributed by atoms with E-state index in [-0.39, 0.29) is 28.0 Å². The number of aromatic nitrogens is 2. The summed E-state index contributed by atoms with van der Waals surface area (Å²) in [5, 5.41) is 14.4. The predicted octanol–water partition coefficient (Wildman–Crippen LogP) is 1.85. The number of nitrogens with zero attached hydrogens (tertiary/aromatic N) is 1. The molecule has 1 heterocycles. The summed E-state index contributed by atoms with van der Waals surface area (Å²) in [6, 6.07) is 8.60. The molecule has 2 aromatic carbocycles. The van der Waals surface area contributed by atoms with Crippen molar-refractivity contribution < 1.29 is 13.3 Å². The van der Waals surface area contributed by atoms with Crippen LogP contribution in [0.1, 0.15) is 18.5 Å². The van der Waals surface area contributed by atoms with Gasteiger partial charge in [-0.25, -0.2) is 17.9 Å². The van der Waals surface area contributed by atoms with E-state index >= 15 is 0 Å². The summed E-state index contributed by atoms with van der Waals surface area (Å²) in [4.78, 5) is 27.2. The Morgan fingerprint density at radius 1 is 1.11 bits per heavy atom. The van der Waals surface area contributed by atoms with Crippen LogP contribution in [0.15, 0.2) is 46.1 Å². The van der Waals surface area contributed by atoms with Crippen LogP contribution in [0.4, 0.5) is 11.4 Å². The minimum atomic E-state index is -3.79. The van der Waals surface area contributed by atoms with E-state index in [4.69, 9.17) is 0 Å². The molecule has 1 unspecified atom stereocenters. The van der Waals surface area contributed by atoms with Crippen LogP contribution in [-0.4, -0.2) is 30.4 Å². The number of benzene rings is 2. The zero-order valence-electron chi connectivity index (χ0n) is 14.4. The molecule has 0 aliphatic heterocycles. The van der Waals surface area contributed by atoms with E-state index in [2.05, 4.69) is 20.0 Å². The first-order chi connectivity index (χ1) is 12.7. The van der Waals surface area contributed by atoms with Crippen molar-refractivity contribution in [3.8, 4) is 0 Å². The molecule has 1 aromatic heterocycles. The lowest BCUT2D eigenvalue weighted by atomic mass is 10.1. The number of anilines is 1. The lowest BCUT2D eigenvalue weighted by Crippen LogP contribution is -2.19. The minimum absolute atomic E-state index is 0.185. The molecule has 27 heavy (non-hydrogen) atoms. The van der Waals surface area contributed by atoms with Gasteiger partial charge in [0.05, 0.1) is 20.9 Å². The molecular formula is C16H17N5O5S. The molecule has 3 rings (SSSR count). The van der Waals surface area contributed by atoms with Crippen molar-refractivity contribution in [2.75, 3.05) is 12.4 Å². The average molecular weight is 391 g/mol. The zero-order valence-corrected chi connectivity index (χ0v) is 15.3. The van der Waals surface area contributed by atoms with Crippen LogP contribution in [0.3, 0.4) is 0 Å². The Bertz CT molecular complexity index is 1180. The Morgan fingerprint density at radius 2 is 1.81 bits per heavy atom. The van der Waals surface area contributed by atoms with Crippen LogP contribution in [0.2, 0.25) is 0 Å². The lowest BCUT2D eigenvalue weighted by Gasteiger charge is -2.16. The molecule has 0 saturated heterocycles. The molecule has 10 nitrogen and oxygen atoms in total. The second kappa shape index (κ2) is 6.85. The van der Waals surface area contributed by atoms with Crippen LogP contribution >= 0.6 is 0 Å². The van der Waals surface area contributed by atoms with Crippen LogP contribution in [0, 0.1) is 10.1 Å². The van der Waals surface area contributed by atoms with E-state index < -0.39 is 14.9 Å². The molecular weight excluding hydrogens is 374 g/mol. The van der Waals surface area contributed by atoms with Crippen molar-refractivity contribution in [3.05, 3.63) is 62.6 Å². The van der Waals surface area contributed by atoms with Crippen molar-refractivity contribution in [2.24, 2.45) is 0 Å². The Morgan fingerprint density at radius 3 is 2.48 bits per heavy atom. The molecule has 0 saturated carbocycles. The number of rotatable bonds is 6. The van der Waals surface area contributed by atoms with E-state index in [1.807, 2.05) is 0 Å². The lowest BCUT2D eigenvalue weighted by molar-refractivity contribution is -0.384. The summed E-state index contributed by atoms with van der Waals surface area (Å²) in [6.07, 6.45) is 0. The first kappa shape index (κ1) is 18.6. The van der Waals surface area contributed by atoms with Gasteiger partial charge in [-0.2, -0.15) is 0 Å². The smallest absolute Gasteiger partial charge is 0.323 e. The molecule has 3 aromatic rings. The molecule has 0 bridgehead atoms. The van der Waals surface area contributed by atoms with Crippen molar-refractivity contribution in [3.63, 3.8) is 0 Å². The number of fused-ring (bicyclic) bond motifs is 1. The van der Waals surface area contributed by atoms with Crippen LogP contribution < -0.4 is 15.7 Å². The minimum Gasteiger partial charge on any atom is -0.373 e. The fourth-order valence-electron chi connectivity index (χ4n) is 2.71. The average Bonchev–Trinajstić information content (AvgIpc) is 3.00. The standard InChI is InChI=1S/C16H17N5O5S/c1-9(10-3-5-12-14(7-10)20-16(22)19-12)18-13-6-4-11(27(25,26)17-2)8-15(13)21(23)24/h3-9,17-18H,1-2H3,(H2,19,20,22). The van der Waals surface area contributed by atoms with E-state index in [0.717, 1.165) is 11.6 Å². The number of nitrogens with one attached hydrogen (secondary N) is 4. The summed E-state index contributed by atoms with van der Waals surface area (Å²) in [6.45, 7) is 1.80. The number of nitro groups is 1. The first-order valence-electron chi connectivity index (χ1n) is 7.92. The molecule has 0 fully saturated rings. The number of aromatic amines is 2. The van der Waals surface area contributed by atoms with Crippen LogP contribution in [0.25, 0.3) is 11.0 Å². The second-order valence-electron chi connectivity index (χ2n) is 5.89. The van der Waals surface area contributed by atoms with Gasteiger partial charge in [-0.1, -0.05) is 6.07 Å². The zero-order chi connectivity index (χ0) is 19.8. The monoisotopic (exact) mass is 391 g/mol. The summed E-state index contributed by atoms with van der Waals surface area (Å²) in [5.74, 6) is 0. The molecule has 4 N–H and O–H groups in total. The maximum absolute atomic E-state index is 11.9. The summed E-state index contributed by atoms with van der Waals surface area (Å²) >= 11 is 0. The number of hydrogen-bond donors (Lipinski definition) is 4. The summed E-state index contributed by atoms with van der Waals surface area (Å²) in [7, 11) is -2.56. The van der Waals surface area contributed by atoms with E-state index in [1.54, 1.807) is 25.1 Å². The molecule has 0 spiro atoms. The van der Waals surface area contributed by atoms with Gasteiger partial charge in [0.1, 0.15) is 5.69 Å². The van der Waals surface area contributed by atoms with Gasteiger partial charge in [0, 0.05) is 12.1 Å². The van der Waals surface area contributed by atoms with Crippen molar-refractivity contribution in [2.45, 2.75) is 17.9 Å². The summed E-state index contributed by atoms with van der Waals surface area (Å²) < 4.78 is 25.9. The molecule has 0 aliphatic rings. The molecule has 142 valence electrons. The van der Waals surface area contributed by atoms with Crippen LogP contribution in [-0.2, 0) is 10.0 Å². The SMILES string of the molecule is CNS(=O)(=O)c1ccc(NC(C)c2ccc3[nH]c(=O)[nH]c3c2)c([N+](=O)[O-])c1. The molecule has 11 heteroatoms. The largest absolute Gasteiger partial charge is 0.373 e. The van der Waals surface area contributed by atoms with E-state index in [1.165, 1.54) is 19.2 Å². The predicted molar refractivity (Wildman–Crippen MR) is 100 cm³/mol. The van der Waals surface area contributed by atoms with Gasteiger partial charge in [-0.15, -0.1) is 0 Å². The Kier molecular flexibility index (Phi) is 4.72. The maximum Gasteiger partial charge on any atom is 0.323 e. The third-order valence-corrected chi connectivity index (χ3v) is 5.57. The van der Waals surface area contributed by atoms with Crippen molar-refractivity contribution >= 4 is 32.4 Å². The van der Waals surface area contributed by atoms with Gasteiger partial charge in [0.15, 0.2) is 0 Å². The van der Waals surface area contributed by atoms with Gasteiger partial charge in [-0.3, -0.25) is 10.1 Å². The number of imidazole rings is 1. The highest BCUT2D eigenvalue weighted by Gasteiger charge is 2.21. The van der Waals surface area contributed by atoms with Crippen LogP contribution in [0.5, 0.6) is 0 Å². The highest BCUT2D eigenvalue weighted by molar-refractivity contribution is 7.89.